The van der Waals surface area contributed by atoms with E-state index in [4.69, 9.17) is 0 Å². The molecule has 0 unspecified atom stereocenters. The Hall–Kier alpha value is -3.63. The SMILES string of the molecule is C[C@@H](CNc1ccc([N+](=O)[O-])cc1[N+](=O)[O-])c1nc2ccccc2n1C(F)F. The van der Waals surface area contributed by atoms with Gasteiger partial charge in [0.2, 0.25) is 0 Å². The van der Waals surface area contributed by atoms with Gasteiger partial charge in [0.05, 0.1) is 26.9 Å². The molecule has 3 rings (SSSR count). The van der Waals surface area contributed by atoms with E-state index in [2.05, 4.69) is 10.3 Å². The summed E-state index contributed by atoms with van der Waals surface area (Å²) < 4.78 is 27.9. The van der Waals surface area contributed by atoms with Crippen LogP contribution in [-0.2, 0) is 0 Å². The van der Waals surface area contributed by atoms with Gasteiger partial charge in [-0.3, -0.25) is 24.8 Å². The van der Waals surface area contributed by atoms with Crippen LogP contribution < -0.4 is 5.32 Å². The molecule has 1 heterocycles. The standard InChI is InChI=1S/C17H15F2N5O4/c1-10(16-21-13-4-2-3-5-14(13)22(16)17(18)19)9-20-12-7-6-11(23(25)26)8-15(12)24(27)28/h2-8,10,17,20H,9H2,1H3/t10-/m0/s1. The molecular weight excluding hydrogens is 376 g/mol. The quantitative estimate of drug-likeness (QED) is 0.469. The normalized spacial score (nSPS) is 12.3. The third kappa shape index (κ3) is 3.59. The van der Waals surface area contributed by atoms with Crippen LogP contribution in [0.25, 0.3) is 11.0 Å². The van der Waals surface area contributed by atoms with Crippen LogP contribution in [0.1, 0.15) is 25.2 Å². The van der Waals surface area contributed by atoms with Crippen molar-refractivity contribution >= 4 is 28.1 Å². The highest BCUT2D eigenvalue weighted by molar-refractivity contribution is 5.76. The lowest BCUT2D eigenvalue weighted by molar-refractivity contribution is -0.393. The summed E-state index contributed by atoms with van der Waals surface area (Å²) in [7, 11) is 0. The van der Waals surface area contributed by atoms with E-state index in [0.717, 1.165) is 16.7 Å². The van der Waals surface area contributed by atoms with Crippen molar-refractivity contribution in [1.29, 1.82) is 0 Å². The molecule has 2 aromatic carbocycles. The summed E-state index contributed by atoms with van der Waals surface area (Å²) in [5.41, 5.74) is -0.109. The van der Waals surface area contributed by atoms with Crippen molar-refractivity contribution in [2.75, 3.05) is 11.9 Å². The summed E-state index contributed by atoms with van der Waals surface area (Å²) in [5.74, 6) is -0.385. The molecule has 146 valence electrons. The molecule has 0 radical (unpaired) electrons. The van der Waals surface area contributed by atoms with Crippen LogP contribution in [0.4, 0.5) is 25.8 Å². The molecule has 1 aromatic heterocycles. The number of nitro groups is 2. The highest BCUT2D eigenvalue weighted by atomic mass is 19.3. The number of hydrogen-bond acceptors (Lipinski definition) is 6. The van der Waals surface area contributed by atoms with Gasteiger partial charge in [0, 0.05) is 18.5 Å². The number of nitrogens with one attached hydrogen (secondary N) is 1. The first-order chi connectivity index (χ1) is 13.3. The zero-order valence-corrected chi connectivity index (χ0v) is 14.6. The van der Waals surface area contributed by atoms with Gasteiger partial charge in [0.1, 0.15) is 11.5 Å². The summed E-state index contributed by atoms with van der Waals surface area (Å²) >= 11 is 0. The fraction of sp³-hybridized carbons (Fsp3) is 0.235. The van der Waals surface area contributed by atoms with E-state index in [1.807, 2.05) is 0 Å². The van der Waals surface area contributed by atoms with Gasteiger partial charge in [-0.05, 0) is 18.2 Å². The zero-order valence-electron chi connectivity index (χ0n) is 14.6. The predicted octanol–water partition coefficient (Wildman–Crippen LogP) is 4.46. The zero-order chi connectivity index (χ0) is 20.4. The minimum atomic E-state index is -2.79. The second kappa shape index (κ2) is 7.55. The lowest BCUT2D eigenvalue weighted by Gasteiger charge is -2.15. The first-order valence-electron chi connectivity index (χ1n) is 8.21. The van der Waals surface area contributed by atoms with Crippen molar-refractivity contribution in [3.8, 4) is 0 Å². The Kier molecular flexibility index (Phi) is 5.16. The van der Waals surface area contributed by atoms with Gasteiger partial charge in [-0.1, -0.05) is 19.1 Å². The molecule has 0 bridgehead atoms. The summed E-state index contributed by atoms with van der Waals surface area (Å²) in [6.07, 6.45) is 0. The van der Waals surface area contributed by atoms with Gasteiger partial charge in [-0.2, -0.15) is 8.78 Å². The van der Waals surface area contributed by atoms with E-state index in [9.17, 15) is 29.0 Å². The maximum absolute atomic E-state index is 13.6. The number of para-hydroxylation sites is 2. The maximum atomic E-state index is 13.6. The number of nitrogens with zero attached hydrogens (tertiary/aromatic N) is 4. The van der Waals surface area contributed by atoms with Crippen LogP contribution in [0.2, 0.25) is 0 Å². The minimum absolute atomic E-state index is 0.0576. The first-order valence-corrected chi connectivity index (χ1v) is 8.21. The van der Waals surface area contributed by atoms with Gasteiger partial charge in [-0.25, -0.2) is 4.98 Å². The largest absolute Gasteiger partial charge is 0.379 e. The van der Waals surface area contributed by atoms with Crippen LogP contribution in [-0.4, -0.2) is 25.9 Å². The third-order valence-corrected chi connectivity index (χ3v) is 4.25. The third-order valence-electron chi connectivity index (χ3n) is 4.25. The lowest BCUT2D eigenvalue weighted by atomic mass is 10.1. The number of aromatic nitrogens is 2. The molecule has 0 spiro atoms. The van der Waals surface area contributed by atoms with Crippen LogP contribution in [0.3, 0.4) is 0 Å². The summed E-state index contributed by atoms with van der Waals surface area (Å²) in [4.78, 5) is 24.8. The van der Waals surface area contributed by atoms with E-state index in [1.54, 1.807) is 31.2 Å². The van der Waals surface area contributed by atoms with Crippen LogP contribution in [0, 0.1) is 20.2 Å². The Morgan fingerprint density at radius 1 is 1.14 bits per heavy atom. The number of halogens is 2. The number of nitro benzene ring substituents is 2. The summed E-state index contributed by atoms with van der Waals surface area (Å²) in [5, 5.41) is 24.8. The molecule has 0 aliphatic heterocycles. The molecule has 0 aliphatic carbocycles. The number of imidazole rings is 1. The molecule has 1 N–H and O–H groups in total. The lowest BCUT2D eigenvalue weighted by Crippen LogP contribution is -2.16. The molecule has 0 amide bonds. The van der Waals surface area contributed by atoms with Crippen molar-refractivity contribution in [2.45, 2.75) is 19.4 Å². The monoisotopic (exact) mass is 391 g/mol. The number of benzene rings is 2. The smallest absolute Gasteiger partial charge is 0.320 e. The fourth-order valence-corrected chi connectivity index (χ4v) is 2.90. The van der Waals surface area contributed by atoms with Crippen molar-refractivity contribution in [3.05, 3.63) is 68.5 Å². The number of non-ortho nitro benzene ring substituents is 1. The molecule has 0 fully saturated rings. The average Bonchev–Trinajstić information content (AvgIpc) is 3.05. The summed E-state index contributed by atoms with van der Waals surface area (Å²) in [6.45, 7) is -1.07. The van der Waals surface area contributed by atoms with Crippen molar-refractivity contribution in [3.63, 3.8) is 0 Å². The van der Waals surface area contributed by atoms with Gasteiger partial charge in [0.25, 0.3) is 11.4 Å². The number of rotatable bonds is 7. The van der Waals surface area contributed by atoms with Crippen LogP contribution >= 0.6 is 0 Å². The van der Waals surface area contributed by atoms with E-state index in [0.29, 0.717) is 11.0 Å². The number of alkyl halides is 2. The molecule has 3 aromatic rings. The number of hydrogen-bond donors (Lipinski definition) is 1. The summed E-state index contributed by atoms with van der Waals surface area (Å²) in [6, 6.07) is 9.70. The number of anilines is 1. The topological polar surface area (TPSA) is 116 Å². The van der Waals surface area contributed by atoms with E-state index in [-0.39, 0.29) is 18.1 Å². The molecule has 0 saturated heterocycles. The fourth-order valence-electron chi connectivity index (χ4n) is 2.90. The molecule has 28 heavy (non-hydrogen) atoms. The maximum Gasteiger partial charge on any atom is 0.320 e. The van der Waals surface area contributed by atoms with E-state index in [1.165, 1.54) is 6.07 Å². The Balaban J connectivity index is 1.88. The minimum Gasteiger partial charge on any atom is -0.379 e. The first kappa shape index (κ1) is 19.1. The van der Waals surface area contributed by atoms with E-state index < -0.39 is 33.7 Å². The van der Waals surface area contributed by atoms with Gasteiger partial charge >= 0.3 is 6.55 Å². The van der Waals surface area contributed by atoms with Crippen LogP contribution in [0.15, 0.2) is 42.5 Å². The highest BCUT2D eigenvalue weighted by Crippen LogP contribution is 2.31. The van der Waals surface area contributed by atoms with Crippen molar-refractivity contribution < 1.29 is 18.6 Å². The van der Waals surface area contributed by atoms with Crippen molar-refractivity contribution in [2.24, 2.45) is 0 Å². The average molecular weight is 391 g/mol. The van der Waals surface area contributed by atoms with Crippen molar-refractivity contribution in [1.82, 2.24) is 9.55 Å². The van der Waals surface area contributed by atoms with Gasteiger partial charge < -0.3 is 5.32 Å². The van der Waals surface area contributed by atoms with Gasteiger partial charge in [-0.15, -0.1) is 0 Å². The Morgan fingerprint density at radius 3 is 2.50 bits per heavy atom. The molecule has 0 aliphatic rings. The number of fused-ring (bicyclic) bond motifs is 1. The second-order valence-electron chi connectivity index (χ2n) is 6.10. The highest BCUT2D eigenvalue weighted by Gasteiger charge is 2.23. The predicted molar refractivity (Wildman–Crippen MR) is 97.6 cm³/mol. The Bertz CT molecular complexity index is 1050. The Morgan fingerprint density at radius 2 is 1.86 bits per heavy atom. The molecule has 11 heteroatoms. The van der Waals surface area contributed by atoms with Gasteiger partial charge in [0.15, 0.2) is 0 Å². The molecule has 0 saturated carbocycles. The second-order valence-corrected chi connectivity index (χ2v) is 6.10. The van der Waals surface area contributed by atoms with Crippen LogP contribution in [0.5, 0.6) is 0 Å². The van der Waals surface area contributed by atoms with E-state index >= 15 is 0 Å². The Labute approximate surface area is 156 Å². The molecule has 1 atom stereocenters. The molecule has 9 nitrogen and oxygen atoms in total. The molecular formula is C17H15F2N5O4.